The smallest absolute Gasteiger partial charge is 0.195 e. The van der Waals surface area contributed by atoms with Crippen LogP contribution in [-0.4, -0.2) is 30.8 Å². The van der Waals surface area contributed by atoms with Crippen molar-refractivity contribution in [1.29, 1.82) is 0 Å². The fourth-order valence-electron chi connectivity index (χ4n) is 2.12. The Balaban J connectivity index is 1.76. The highest BCUT2D eigenvalue weighted by Gasteiger charge is 2.16. The first kappa shape index (κ1) is 12.6. The first-order chi connectivity index (χ1) is 8.38. The quantitative estimate of drug-likeness (QED) is 0.769. The molecular weight excluding hydrogens is 216 g/mol. The van der Waals surface area contributed by atoms with Crippen molar-refractivity contribution in [2.75, 3.05) is 19.7 Å². The zero-order valence-corrected chi connectivity index (χ0v) is 10.6. The van der Waals surface area contributed by atoms with E-state index < -0.39 is 0 Å². The van der Waals surface area contributed by atoms with E-state index in [4.69, 9.17) is 9.15 Å². The Hall–Kier alpha value is -0.870. The lowest BCUT2D eigenvalue weighted by atomic mass is 10.1. The molecule has 96 valence electrons. The number of nitrogens with one attached hydrogen (secondary N) is 1. The molecule has 0 amide bonds. The molecular formula is C13H22N2O2. The average molecular weight is 238 g/mol. The Labute approximate surface area is 103 Å². The van der Waals surface area contributed by atoms with Crippen molar-refractivity contribution >= 4 is 0 Å². The van der Waals surface area contributed by atoms with E-state index in [0.717, 1.165) is 50.6 Å². The average Bonchev–Trinajstić information content (AvgIpc) is 2.79. The van der Waals surface area contributed by atoms with Crippen molar-refractivity contribution in [3.05, 3.63) is 17.8 Å². The Kier molecular flexibility index (Phi) is 5.01. The van der Waals surface area contributed by atoms with E-state index in [-0.39, 0.29) is 0 Å². The summed E-state index contributed by atoms with van der Waals surface area (Å²) in [4.78, 5) is 4.29. The monoisotopic (exact) mass is 238 g/mol. The molecule has 2 rings (SSSR count). The van der Waals surface area contributed by atoms with E-state index in [9.17, 15) is 0 Å². The molecule has 1 N–H and O–H groups in total. The van der Waals surface area contributed by atoms with Crippen LogP contribution in [0.15, 0.2) is 10.6 Å². The van der Waals surface area contributed by atoms with Gasteiger partial charge in [0.15, 0.2) is 5.89 Å². The summed E-state index contributed by atoms with van der Waals surface area (Å²) in [6.07, 6.45) is 7.52. The van der Waals surface area contributed by atoms with Gasteiger partial charge in [-0.2, -0.15) is 0 Å². The van der Waals surface area contributed by atoms with Crippen LogP contribution in [0.2, 0.25) is 0 Å². The molecule has 0 saturated carbocycles. The highest BCUT2D eigenvalue weighted by atomic mass is 16.5. The summed E-state index contributed by atoms with van der Waals surface area (Å²) in [7, 11) is 0. The van der Waals surface area contributed by atoms with Gasteiger partial charge in [0.1, 0.15) is 5.76 Å². The summed E-state index contributed by atoms with van der Waals surface area (Å²) in [6, 6.07) is 0. The topological polar surface area (TPSA) is 47.3 Å². The molecule has 0 bridgehead atoms. The van der Waals surface area contributed by atoms with E-state index in [0.29, 0.717) is 6.10 Å². The Morgan fingerprint density at radius 3 is 3.18 bits per heavy atom. The molecule has 2 heterocycles. The molecule has 1 fully saturated rings. The van der Waals surface area contributed by atoms with Crippen LogP contribution >= 0.6 is 0 Å². The Morgan fingerprint density at radius 2 is 2.41 bits per heavy atom. The van der Waals surface area contributed by atoms with Gasteiger partial charge in [-0.15, -0.1) is 0 Å². The second-order valence-corrected chi connectivity index (χ2v) is 4.52. The highest BCUT2D eigenvalue weighted by Crippen LogP contribution is 2.17. The largest absolute Gasteiger partial charge is 0.446 e. The minimum atomic E-state index is 0.332. The van der Waals surface area contributed by atoms with Gasteiger partial charge in [-0.05, 0) is 25.8 Å². The van der Waals surface area contributed by atoms with Gasteiger partial charge in [-0.1, -0.05) is 6.92 Å². The summed E-state index contributed by atoms with van der Waals surface area (Å²) in [5, 5.41) is 3.26. The summed E-state index contributed by atoms with van der Waals surface area (Å²) < 4.78 is 11.4. The third kappa shape index (κ3) is 4.13. The normalized spacial score (nSPS) is 20.6. The maximum atomic E-state index is 5.70. The number of likely N-dealkylation sites (N-methyl/N-ethyl adjacent to an activating group) is 1. The van der Waals surface area contributed by atoms with Gasteiger partial charge in [0.05, 0.1) is 12.3 Å². The molecule has 1 saturated heterocycles. The molecule has 1 aliphatic rings. The molecule has 0 radical (unpaired) electrons. The van der Waals surface area contributed by atoms with E-state index >= 15 is 0 Å². The predicted octanol–water partition coefficient (Wildman–Crippen LogP) is 1.94. The van der Waals surface area contributed by atoms with Gasteiger partial charge < -0.3 is 14.5 Å². The number of ether oxygens (including phenoxy) is 1. The molecule has 0 aliphatic carbocycles. The highest BCUT2D eigenvalue weighted by molar-refractivity contribution is 4.97. The first-order valence-electron chi connectivity index (χ1n) is 6.64. The van der Waals surface area contributed by atoms with Gasteiger partial charge in [0.2, 0.25) is 0 Å². The maximum Gasteiger partial charge on any atom is 0.195 e. The van der Waals surface area contributed by atoms with Crippen molar-refractivity contribution < 1.29 is 9.15 Å². The second kappa shape index (κ2) is 6.77. The van der Waals surface area contributed by atoms with Crippen molar-refractivity contribution in [2.45, 2.75) is 45.1 Å². The summed E-state index contributed by atoms with van der Waals surface area (Å²) >= 11 is 0. The number of oxazole rings is 1. The second-order valence-electron chi connectivity index (χ2n) is 4.52. The van der Waals surface area contributed by atoms with Crippen LogP contribution < -0.4 is 5.32 Å². The van der Waals surface area contributed by atoms with Gasteiger partial charge in [-0.25, -0.2) is 4.98 Å². The number of hydrogen-bond donors (Lipinski definition) is 1. The van der Waals surface area contributed by atoms with Gasteiger partial charge >= 0.3 is 0 Å². The predicted molar refractivity (Wildman–Crippen MR) is 66.0 cm³/mol. The van der Waals surface area contributed by atoms with Gasteiger partial charge in [0, 0.05) is 26.0 Å². The zero-order chi connectivity index (χ0) is 11.9. The van der Waals surface area contributed by atoms with E-state index in [1.807, 2.05) is 6.20 Å². The van der Waals surface area contributed by atoms with Crippen LogP contribution in [-0.2, 0) is 17.6 Å². The van der Waals surface area contributed by atoms with E-state index in [2.05, 4.69) is 17.2 Å². The van der Waals surface area contributed by atoms with E-state index in [1.54, 1.807) is 0 Å². The van der Waals surface area contributed by atoms with Crippen molar-refractivity contribution in [3.63, 3.8) is 0 Å². The summed E-state index contributed by atoms with van der Waals surface area (Å²) in [5.74, 6) is 1.79. The summed E-state index contributed by atoms with van der Waals surface area (Å²) in [6.45, 7) is 4.91. The molecule has 1 aromatic heterocycles. The molecule has 4 nitrogen and oxygen atoms in total. The number of hydrogen-bond acceptors (Lipinski definition) is 4. The third-order valence-corrected chi connectivity index (χ3v) is 3.07. The van der Waals surface area contributed by atoms with Crippen molar-refractivity contribution in [1.82, 2.24) is 10.3 Å². The van der Waals surface area contributed by atoms with Crippen LogP contribution in [0.4, 0.5) is 0 Å². The van der Waals surface area contributed by atoms with Gasteiger partial charge in [0.25, 0.3) is 0 Å². The number of rotatable bonds is 6. The lowest BCUT2D eigenvalue weighted by Gasteiger charge is -2.21. The fourth-order valence-corrected chi connectivity index (χ4v) is 2.12. The molecule has 1 unspecified atom stereocenters. The number of aromatic nitrogens is 1. The SMILES string of the molecule is CCNCCc1ncc(CC2CCCCO2)o1. The maximum absolute atomic E-state index is 5.70. The molecule has 0 spiro atoms. The lowest BCUT2D eigenvalue weighted by molar-refractivity contribution is 0.0138. The molecule has 4 heteroatoms. The van der Waals surface area contributed by atoms with Crippen LogP contribution in [0.5, 0.6) is 0 Å². The van der Waals surface area contributed by atoms with Crippen molar-refractivity contribution in [2.24, 2.45) is 0 Å². The summed E-state index contributed by atoms with van der Waals surface area (Å²) in [5.41, 5.74) is 0. The first-order valence-corrected chi connectivity index (χ1v) is 6.64. The Morgan fingerprint density at radius 1 is 1.47 bits per heavy atom. The minimum Gasteiger partial charge on any atom is -0.446 e. The van der Waals surface area contributed by atoms with Gasteiger partial charge in [-0.3, -0.25) is 0 Å². The molecule has 0 aromatic carbocycles. The van der Waals surface area contributed by atoms with Crippen molar-refractivity contribution in [3.8, 4) is 0 Å². The lowest BCUT2D eigenvalue weighted by Crippen LogP contribution is -2.21. The minimum absolute atomic E-state index is 0.332. The molecule has 17 heavy (non-hydrogen) atoms. The molecule has 1 atom stereocenters. The van der Waals surface area contributed by atoms with Crippen LogP contribution in [0.3, 0.4) is 0 Å². The fraction of sp³-hybridized carbons (Fsp3) is 0.769. The zero-order valence-electron chi connectivity index (χ0n) is 10.6. The number of nitrogens with zero attached hydrogens (tertiary/aromatic N) is 1. The molecule has 1 aromatic rings. The third-order valence-electron chi connectivity index (χ3n) is 3.07. The molecule has 1 aliphatic heterocycles. The van der Waals surface area contributed by atoms with Crippen LogP contribution in [0.1, 0.15) is 37.8 Å². The van der Waals surface area contributed by atoms with E-state index in [1.165, 1.54) is 12.8 Å². The van der Waals surface area contributed by atoms with Crippen LogP contribution in [0, 0.1) is 0 Å². The standard InChI is InChI=1S/C13H22N2O2/c1-2-14-7-6-13-15-10-12(17-13)9-11-5-3-4-8-16-11/h10-11,14H,2-9H2,1H3. The Bertz CT molecular complexity index is 319. The van der Waals surface area contributed by atoms with Crippen LogP contribution in [0.25, 0.3) is 0 Å².